The molecule has 0 aromatic carbocycles. The number of nitrogens with zero attached hydrogens (tertiary/aromatic N) is 3. The molecule has 0 aromatic heterocycles. The number of hydrogen-bond donors (Lipinski definition) is 0. The fourth-order valence-electron chi connectivity index (χ4n) is 2.47. The predicted octanol–water partition coefficient (Wildman–Crippen LogP) is 2.42. The summed E-state index contributed by atoms with van der Waals surface area (Å²) in [4.78, 5) is 32.2. The maximum atomic E-state index is 12.0. The molecule has 1 fully saturated rings. The van der Waals surface area contributed by atoms with Gasteiger partial charge in [-0.2, -0.15) is 0 Å². The highest BCUT2D eigenvalue weighted by atomic mass is 16.1. The van der Waals surface area contributed by atoms with Gasteiger partial charge in [0.25, 0.3) is 0 Å². The number of aliphatic imine (C=N–C) groups is 1. The lowest BCUT2D eigenvalue weighted by atomic mass is 9.74. The largest absolute Gasteiger partial charge is 0.349 e. The molecule has 0 aromatic rings. The average molecular weight is 317 g/mol. The summed E-state index contributed by atoms with van der Waals surface area (Å²) in [5.74, 6) is 0.689. The first-order valence-corrected chi connectivity index (χ1v) is 7.66. The van der Waals surface area contributed by atoms with Gasteiger partial charge in [-0.1, -0.05) is 26.0 Å². The van der Waals surface area contributed by atoms with Crippen molar-refractivity contribution in [2.75, 3.05) is 28.2 Å². The van der Waals surface area contributed by atoms with E-state index in [1.165, 1.54) is 0 Å². The topological polar surface area (TPSA) is 53.0 Å². The van der Waals surface area contributed by atoms with E-state index >= 15 is 0 Å². The quantitative estimate of drug-likeness (QED) is 0.264. The lowest BCUT2D eigenvalue weighted by Gasteiger charge is -2.28. The standard InChI is InChI=1S/C18H27N3O2/c1-18(2)12-15(22)14(16(23)13-18)10-8-7-9-11-19-17(20(3)4)21(5)6/h7-11H,12-13H2,1-6H3/b8-7+,11-9+. The Morgan fingerprint density at radius 3 is 1.96 bits per heavy atom. The molecule has 0 heterocycles. The van der Waals surface area contributed by atoms with E-state index in [0.717, 1.165) is 5.96 Å². The van der Waals surface area contributed by atoms with Gasteiger partial charge in [0.15, 0.2) is 17.5 Å². The Balaban J connectivity index is 2.72. The Kier molecular flexibility index (Phi) is 6.49. The molecule has 0 radical (unpaired) electrons. The van der Waals surface area contributed by atoms with Crippen molar-refractivity contribution in [2.24, 2.45) is 10.4 Å². The zero-order valence-corrected chi connectivity index (χ0v) is 15.0. The van der Waals surface area contributed by atoms with Crippen molar-refractivity contribution in [3.63, 3.8) is 0 Å². The summed E-state index contributed by atoms with van der Waals surface area (Å²) in [6.45, 7) is 3.90. The molecule has 1 rings (SSSR count). The van der Waals surface area contributed by atoms with Crippen LogP contribution >= 0.6 is 0 Å². The Hall–Kier alpha value is -2.17. The fraction of sp³-hybridized carbons (Fsp3) is 0.500. The third kappa shape index (κ3) is 5.85. The van der Waals surface area contributed by atoms with Gasteiger partial charge in [-0.3, -0.25) is 9.59 Å². The highest BCUT2D eigenvalue weighted by molar-refractivity contribution is 6.22. The van der Waals surface area contributed by atoms with E-state index < -0.39 is 0 Å². The number of carbonyl (C=O) groups is 2. The van der Waals surface area contributed by atoms with E-state index in [2.05, 4.69) is 4.99 Å². The SMILES string of the molecule is CN(C)C(=N/C=C/C=C/C=C1C(=O)CC(C)(C)CC1=O)N(C)C. The van der Waals surface area contributed by atoms with Crippen LogP contribution in [0.1, 0.15) is 26.7 Å². The molecule has 0 saturated heterocycles. The highest BCUT2D eigenvalue weighted by Gasteiger charge is 2.34. The molecule has 5 heteroatoms. The maximum Gasteiger partial charge on any atom is 0.200 e. The van der Waals surface area contributed by atoms with Crippen LogP contribution in [0.4, 0.5) is 0 Å². The second kappa shape index (κ2) is 7.90. The van der Waals surface area contributed by atoms with Crippen LogP contribution in [0.25, 0.3) is 0 Å². The molecule has 126 valence electrons. The van der Waals surface area contributed by atoms with Gasteiger partial charge in [-0.25, -0.2) is 4.99 Å². The molecule has 23 heavy (non-hydrogen) atoms. The summed E-state index contributed by atoms with van der Waals surface area (Å²) < 4.78 is 0. The molecule has 0 unspecified atom stereocenters. The minimum Gasteiger partial charge on any atom is -0.349 e. The van der Waals surface area contributed by atoms with Crippen LogP contribution in [-0.2, 0) is 9.59 Å². The summed E-state index contributed by atoms with van der Waals surface area (Å²) >= 11 is 0. The highest BCUT2D eigenvalue weighted by Crippen LogP contribution is 2.33. The van der Waals surface area contributed by atoms with Gasteiger partial charge in [0, 0.05) is 47.2 Å². The second-order valence-corrected chi connectivity index (χ2v) is 6.89. The smallest absolute Gasteiger partial charge is 0.200 e. The summed E-state index contributed by atoms with van der Waals surface area (Å²) in [5, 5.41) is 0. The minimum absolute atomic E-state index is 0.0691. The summed E-state index contributed by atoms with van der Waals surface area (Å²) in [7, 11) is 7.70. The third-order valence-electron chi connectivity index (χ3n) is 3.44. The van der Waals surface area contributed by atoms with Gasteiger partial charge < -0.3 is 9.80 Å². The maximum absolute atomic E-state index is 12.0. The monoisotopic (exact) mass is 317 g/mol. The normalized spacial score (nSPS) is 17.7. The number of hydrogen-bond acceptors (Lipinski definition) is 3. The minimum atomic E-state index is -0.224. The number of guanidine groups is 1. The summed E-state index contributed by atoms with van der Waals surface area (Å²) in [6, 6.07) is 0. The van der Waals surface area contributed by atoms with E-state index in [0.29, 0.717) is 18.4 Å². The van der Waals surface area contributed by atoms with Gasteiger partial charge in [-0.05, 0) is 17.6 Å². The Bertz CT molecular complexity index is 547. The van der Waals surface area contributed by atoms with E-state index in [-0.39, 0.29) is 17.0 Å². The molecule has 0 N–H and O–H groups in total. The third-order valence-corrected chi connectivity index (χ3v) is 3.44. The van der Waals surface area contributed by atoms with Gasteiger partial charge in [0.1, 0.15) is 0 Å². The first-order chi connectivity index (χ1) is 10.6. The summed E-state index contributed by atoms with van der Waals surface area (Å²) in [5.41, 5.74) is 0.0817. The van der Waals surface area contributed by atoms with Crippen molar-refractivity contribution in [2.45, 2.75) is 26.7 Å². The van der Waals surface area contributed by atoms with Gasteiger partial charge in [0.2, 0.25) is 0 Å². The number of rotatable bonds is 3. The molecule has 5 nitrogen and oxygen atoms in total. The van der Waals surface area contributed by atoms with E-state index in [1.807, 2.05) is 51.8 Å². The zero-order chi connectivity index (χ0) is 17.6. The first-order valence-electron chi connectivity index (χ1n) is 7.66. The van der Waals surface area contributed by atoms with Crippen LogP contribution in [0, 0.1) is 5.41 Å². The van der Waals surface area contributed by atoms with Crippen molar-refractivity contribution in [1.29, 1.82) is 0 Å². The number of carbonyl (C=O) groups excluding carboxylic acids is 2. The van der Waals surface area contributed by atoms with Gasteiger partial charge >= 0.3 is 0 Å². The first kappa shape index (κ1) is 18.9. The van der Waals surface area contributed by atoms with Crippen molar-refractivity contribution in [3.8, 4) is 0 Å². The lowest BCUT2D eigenvalue weighted by Crippen LogP contribution is -2.34. The molecule has 0 aliphatic heterocycles. The Morgan fingerprint density at radius 1 is 0.957 bits per heavy atom. The number of ketones is 2. The molecule has 0 amide bonds. The summed E-state index contributed by atoms with van der Waals surface area (Å²) in [6.07, 6.45) is 9.37. The lowest BCUT2D eigenvalue weighted by molar-refractivity contribution is -0.127. The van der Waals surface area contributed by atoms with Crippen molar-refractivity contribution in [3.05, 3.63) is 36.1 Å². The molecule has 0 spiro atoms. The van der Waals surface area contributed by atoms with Crippen LogP contribution in [0.5, 0.6) is 0 Å². The fourth-order valence-corrected chi connectivity index (χ4v) is 2.47. The van der Waals surface area contributed by atoms with Crippen LogP contribution in [0.3, 0.4) is 0 Å². The zero-order valence-electron chi connectivity index (χ0n) is 15.0. The molecule has 1 aliphatic carbocycles. The van der Waals surface area contributed by atoms with E-state index in [4.69, 9.17) is 0 Å². The predicted molar refractivity (Wildman–Crippen MR) is 94.2 cm³/mol. The molecule has 1 aliphatic rings. The number of allylic oxidation sites excluding steroid dienone is 5. The second-order valence-electron chi connectivity index (χ2n) is 6.89. The van der Waals surface area contributed by atoms with Crippen LogP contribution in [-0.4, -0.2) is 55.5 Å². The number of Topliss-reactive ketones (excluding diaryl/α,β-unsaturated/α-hetero) is 2. The van der Waals surface area contributed by atoms with Crippen LogP contribution in [0.15, 0.2) is 41.1 Å². The van der Waals surface area contributed by atoms with Gasteiger partial charge in [-0.15, -0.1) is 0 Å². The Morgan fingerprint density at radius 2 is 1.48 bits per heavy atom. The van der Waals surface area contributed by atoms with Crippen molar-refractivity contribution in [1.82, 2.24) is 9.80 Å². The van der Waals surface area contributed by atoms with Crippen LogP contribution < -0.4 is 0 Å². The van der Waals surface area contributed by atoms with Crippen molar-refractivity contribution >= 4 is 17.5 Å². The molecular weight excluding hydrogens is 290 g/mol. The van der Waals surface area contributed by atoms with Crippen LogP contribution in [0.2, 0.25) is 0 Å². The molecule has 1 saturated carbocycles. The molecule has 0 atom stereocenters. The van der Waals surface area contributed by atoms with Crippen molar-refractivity contribution < 1.29 is 9.59 Å². The van der Waals surface area contributed by atoms with E-state index in [9.17, 15) is 9.59 Å². The van der Waals surface area contributed by atoms with E-state index in [1.54, 1.807) is 30.5 Å². The molecular formula is C18H27N3O2. The average Bonchev–Trinajstić information content (AvgIpc) is 2.37. The Labute approximate surface area is 139 Å². The molecule has 0 bridgehead atoms. The van der Waals surface area contributed by atoms with Gasteiger partial charge in [0.05, 0.1) is 5.57 Å².